The highest BCUT2D eigenvalue weighted by Gasteiger charge is 2.22. The fourth-order valence-corrected chi connectivity index (χ4v) is 4.94. The van der Waals surface area contributed by atoms with Gasteiger partial charge in [0, 0.05) is 44.1 Å². The number of fused-ring (bicyclic) bond motifs is 2. The molecule has 1 saturated heterocycles. The van der Waals surface area contributed by atoms with Crippen LogP contribution in [0.4, 0.5) is 26.5 Å². The first-order chi connectivity index (χ1) is 19.5. The molecule has 0 atom stereocenters. The summed E-state index contributed by atoms with van der Waals surface area (Å²) in [7, 11) is 1.80. The fraction of sp³-hybridized carbons (Fsp3) is 0.241. The third-order valence-corrected chi connectivity index (χ3v) is 6.92. The zero-order valence-corrected chi connectivity index (χ0v) is 22.3. The van der Waals surface area contributed by atoms with E-state index in [1.807, 2.05) is 47.5 Å². The maximum Gasteiger partial charge on any atom is 0.323 e. The average Bonchev–Trinajstić information content (AvgIpc) is 3.30. The molecule has 0 unspecified atom stereocenters. The lowest BCUT2D eigenvalue weighted by molar-refractivity contribution is 0.0314. The van der Waals surface area contributed by atoms with Gasteiger partial charge in [0.15, 0.2) is 5.65 Å². The van der Waals surface area contributed by atoms with Crippen molar-refractivity contribution in [2.24, 2.45) is 7.05 Å². The molecule has 3 aromatic carbocycles. The van der Waals surface area contributed by atoms with Crippen molar-refractivity contribution in [2.75, 3.05) is 48.5 Å². The Bertz CT molecular complexity index is 1700. The number of anilines is 3. The number of carbonyl (C=O) groups is 1. The molecule has 2 N–H and O–H groups in total. The van der Waals surface area contributed by atoms with E-state index in [1.54, 1.807) is 24.0 Å². The smallest absolute Gasteiger partial charge is 0.323 e. The lowest BCUT2D eigenvalue weighted by Gasteiger charge is -2.36. The van der Waals surface area contributed by atoms with Gasteiger partial charge in [-0.2, -0.15) is 10.1 Å². The predicted molar refractivity (Wildman–Crippen MR) is 154 cm³/mol. The van der Waals surface area contributed by atoms with Crippen molar-refractivity contribution < 1.29 is 13.9 Å². The number of benzene rings is 3. The molecular formula is C29H29FN8O2. The SMILES string of the molecule is CCN(c1ncc2c(-c3ccc(NC(=O)Nc4ccc5ccccc5c4)c(F)c3)nn(C)c2n1)N1CCOCC1. The van der Waals surface area contributed by atoms with Crippen LogP contribution in [0.5, 0.6) is 0 Å². The van der Waals surface area contributed by atoms with Crippen LogP contribution in [-0.4, -0.2) is 63.6 Å². The highest BCUT2D eigenvalue weighted by molar-refractivity contribution is 6.01. The molecular weight excluding hydrogens is 511 g/mol. The third-order valence-electron chi connectivity index (χ3n) is 6.92. The van der Waals surface area contributed by atoms with E-state index >= 15 is 4.39 Å². The van der Waals surface area contributed by atoms with Gasteiger partial charge >= 0.3 is 6.03 Å². The van der Waals surface area contributed by atoms with Gasteiger partial charge in [0.2, 0.25) is 5.95 Å². The van der Waals surface area contributed by atoms with Crippen LogP contribution in [0, 0.1) is 5.82 Å². The zero-order valence-electron chi connectivity index (χ0n) is 22.3. The van der Waals surface area contributed by atoms with E-state index in [0.29, 0.717) is 53.7 Å². The summed E-state index contributed by atoms with van der Waals surface area (Å²) in [5.74, 6) is 0.00147. The molecule has 3 heterocycles. The third kappa shape index (κ3) is 5.04. The van der Waals surface area contributed by atoms with E-state index in [1.165, 1.54) is 12.1 Å². The van der Waals surface area contributed by atoms with Gasteiger partial charge in [-0.25, -0.2) is 23.9 Å². The molecule has 10 nitrogen and oxygen atoms in total. The molecule has 0 spiro atoms. The van der Waals surface area contributed by atoms with Gasteiger partial charge in [-0.3, -0.25) is 5.01 Å². The molecule has 40 heavy (non-hydrogen) atoms. The van der Waals surface area contributed by atoms with Crippen LogP contribution in [0.15, 0.2) is 66.9 Å². The van der Waals surface area contributed by atoms with Gasteiger partial charge in [0.25, 0.3) is 0 Å². The van der Waals surface area contributed by atoms with E-state index in [9.17, 15) is 4.79 Å². The molecule has 2 amide bonds. The molecule has 0 aliphatic carbocycles. The monoisotopic (exact) mass is 540 g/mol. The predicted octanol–water partition coefficient (Wildman–Crippen LogP) is 5.04. The summed E-state index contributed by atoms with van der Waals surface area (Å²) in [6, 6.07) is 17.5. The van der Waals surface area contributed by atoms with Crippen molar-refractivity contribution in [1.29, 1.82) is 0 Å². The summed E-state index contributed by atoms with van der Waals surface area (Å²) in [6.45, 7) is 5.63. The van der Waals surface area contributed by atoms with Crippen molar-refractivity contribution in [2.45, 2.75) is 6.92 Å². The molecule has 5 aromatic rings. The van der Waals surface area contributed by atoms with Gasteiger partial charge in [0.1, 0.15) is 11.5 Å². The van der Waals surface area contributed by atoms with Crippen molar-refractivity contribution in [3.8, 4) is 11.3 Å². The highest BCUT2D eigenvalue weighted by Crippen LogP contribution is 2.30. The number of morpholine rings is 1. The Hall–Kier alpha value is -4.61. The molecule has 0 radical (unpaired) electrons. The minimum Gasteiger partial charge on any atom is -0.379 e. The minimum absolute atomic E-state index is 0.0601. The Morgan fingerprint density at radius 3 is 2.62 bits per heavy atom. The topological polar surface area (TPSA) is 100 Å². The lowest BCUT2D eigenvalue weighted by atomic mass is 10.1. The molecule has 0 bridgehead atoms. The summed E-state index contributed by atoms with van der Waals surface area (Å²) >= 11 is 0. The first-order valence-corrected chi connectivity index (χ1v) is 13.2. The Morgan fingerprint density at radius 1 is 1.05 bits per heavy atom. The van der Waals surface area contributed by atoms with Crippen molar-refractivity contribution >= 4 is 45.2 Å². The van der Waals surface area contributed by atoms with E-state index in [0.717, 1.165) is 23.9 Å². The number of aryl methyl sites for hydroxylation is 1. The maximum absolute atomic E-state index is 15.1. The number of carbonyl (C=O) groups excluding carboxylic acids is 1. The molecule has 2 aromatic heterocycles. The van der Waals surface area contributed by atoms with E-state index in [-0.39, 0.29) is 5.69 Å². The molecule has 204 valence electrons. The molecule has 6 rings (SSSR count). The minimum atomic E-state index is -0.577. The summed E-state index contributed by atoms with van der Waals surface area (Å²) in [5, 5.41) is 17.0. The van der Waals surface area contributed by atoms with Gasteiger partial charge < -0.3 is 15.4 Å². The van der Waals surface area contributed by atoms with Crippen molar-refractivity contribution in [3.05, 3.63) is 72.7 Å². The summed E-state index contributed by atoms with van der Waals surface area (Å²) in [5.41, 5.74) is 2.43. The average molecular weight is 541 g/mol. The first-order valence-electron chi connectivity index (χ1n) is 13.2. The number of hydrazine groups is 1. The number of halogens is 1. The fourth-order valence-electron chi connectivity index (χ4n) is 4.94. The molecule has 11 heteroatoms. The number of nitrogens with zero attached hydrogens (tertiary/aromatic N) is 6. The van der Waals surface area contributed by atoms with Gasteiger partial charge in [-0.15, -0.1) is 0 Å². The number of hydrogen-bond donors (Lipinski definition) is 2. The summed E-state index contributed by atoms with van der Waals surface area (Å²) in [4.78, 5) is 22.0. The largest absolute Gasteiger partial charge is 0.379 e. The number of hydrogen-bond acceptors (Lipinski definition) is 7. The standard InChI is InChI=1S/C29H29FN8O2/c1-3-38(37-12-14-40-15-13-37)28-31-18-23-26(35-36(2)27(23)34-28)21-9-11-25(24(30)17-21)33-29(39)32-22-10-8-19-6-4-5-7-20(19)16-22/h4-11,16-18H,3,12-15H2,1-2H3,(H2,32,33,39). The van der Waals surface area contributed by atoms with Gasteiger partial charge in [-0.05, 0) is 42.0 Å². The number of nitrogens with one attached hydrogen (secondary N) is 2. The van der Waals surface area contributed by atoms with Crippen LogP contribution < -0.4 is 15.6 Å². The van der Waals surface area contributed by atoms with Crippen LogP contribution in [0.2, 0.25) is 0 Å². The second-order valence-corrected chi connectivity index (χ2v) is 9.50. The second-order valence-electron chi connectivity index (χ2n) is 9.50. The highest BCUT2D eigenvalue weighted by atomic mass is 19.1. The normalized spacial score (nSPS) is 14.0. The number of urea groups is 1. The number of rotatable bonds is 6. The summed E-state index contributed by atoms with van der Waals surface area (Å²) < 4.78 is 22.3. The molecule has 1 aliphatic rings. The zero-order chi connectivity index (χ0) is 27.6. The Balaban J connectivity index is 1.21. The van der Waals surface area contributed by atoms with Crippen LogP contribution in [0.25, 0.3) is 33.1 Å². The quantitative estimate of drug-likeness (QED) is 0.311. The molecule has 0 saturated carbocycles. The van der Waals surface area contributed by atoms with Gasteiger partial charge in [-0.1, -0.05) is 36.4 Å². The molecule has 1 fully saturated rings. The van der Waals surface area contributed by atoms with Crippen LogP contribution >= 0.6 is 0 Å². The van der Waals surface area contributed by atoms with E-state index in [2.05, 4.69) is 32.6 Å². The number of aromatic nitrogens is 4. The lowest BCUT2D eigenvalue weighted by Crippen LogP contribution is -2.49. The van der Waals surface area contributed by atoms with Crippen LogP contribution in [-0.2, 0) is 11.8 Å². The molecule has 1 aliphatic heterocycles. The van der Waals surface area contributed by atoms with E-state index < -0.39 is 11.8 Å². The first kappa shape index (κ1) is 25.7. The Morgan fingerprint density at radius 2 is 1.85 bits per heavy atom. The van der Waals surface area contributed by atoms with Crippen LogP contribution in [0.3, 0.4) is 0 Å². The second kappa shape index (κ2) is 10.9. The van der Waals surface area contributed by atoms with Crippen LogP contribution in [0.1, 0.15) is 6.92 Å². The number of ether oxygens (including phenoxy) is 1. The Kier molecular flexibility index (Phi) is 6.97. The number of amides is 2. The van der Waals surface area contributed by atoms with Crippen molar-refractivity contribution in [3.63, 3.8) is 0 Å². The summed E-state index contributed by atoms with van der Waals surface area (Å²) in [6.07, 6.45) is 1.73. The van der Waals surface area contributed by atoms with E-state index in [4.69, 9.17) is 9.72 Å². The van der Waals surface area contributed by atoms with Crippen molar-refractivity contribution in [1.82, 2.24) is 24.8 Å². The Labute approximate surface area is 230 Å². The van der Waals surface area contributed by atoms with Gasteiger partial charge in [0.05, 0.1) is 24.3 Å². The maximum atomic E-state index is 15.1.